The maximum Gasteiger partial charge on any atom is 0.132 e. The van der Waals surface area contributed by atoms with Gasteiger partial charge in [0.1, 0.15) is 5.78 Å². The molecule has 0 atom stereocenters. The standard InChI is InChI=1S/C8H14O.C2H4/c1-3-5-6-7-8(9)4-2;1-2/h3H,1,4-7H2,2H3;1-2H2. The highest BCUT2D eigenvalue weighted by molar-refractivity contribution is 5.77. The van der Waals surface area contributed by atoms with E-state index in [4.69, 9.17) is 0 Å². The molecule has 0 aliphatic rings. The normalized spacial score (nSPS) is 7.73. The predicted molar refractivity (Wildman–Crippen MR) is 50.6 cm³/mol. The minimum Gasteiger partial charge on any atom is -0.300 e. The molecule has 1 heteroatoms. The second kappa shape index (κ2) is 11.9. The van der Waals surface area contributed by atoms with Gasteiger partial charge < -0.3 is 0 Å². The Kier molecular flexibility index (Phi) is 13.8. The highest BCUT2D eigenvalue weighted by atomic mass is 16.1. The lowest BCUT2D eigenvalue weighted by atomic mass is 10.1. The zero-order chi connectivity index (χ0) is 9.11. The Morgan fingerprint density at radius 3 is 2.36 bits per heavy atom. The molecule has 0 unspecified atom stereocenters. The third kappa shape index (κ3) is 12.4. The van der Waals surface area contributed by atoms with E-state index in [1.54, 1.807) is 0 Å². The van der Waals surface area contributed by atoms with Gasteiger partial charge >= 0.3 is 0 Å². The first kappa shape index (κ1) is 12.8. The van der Waals surface area contributed by atoms with Gasteiger partial charge in [-0.05, 0) is 12.8 Å². The van der Waals surface area contributed by atoms with Crippen LogP contribution in [0.3, 0.4) is 0 Å². The van der Waals surface area contributed by atoms with Crippen molar-refractivity contribution in [3.05, 3.63) is 25.8 Å². The molecule has 0 rings (SSSR count). The van der Waals surface area contributed by atoms with Crippen LogP contribution in [0.15, 0.2) is 25.8 Å². The number of carbonyl (C=O) groups is 1. The minimum absolute atomic E-state index is 0.358. The molecule has 64 valence electrons. The topological polar surface area (TPSA) is 17.1 Å². The van der Waals surface area contributed by atoms with Gasteiger partial charge in [0.15, 0.2) is 0 Å². The van der Waals surface area contributed by atoms with Crippen LogP contribution in [-0.4, -0.2) is 5.78 Å². The van der Waals surface area contributed by atoms with Crippen LogP contribution in [0, 0.1) is 0 Å². The summed E-state index contributed by atoms with van der Waals surface area (Å²) >= 11 is 0. The molecule has 0 aromatic carbocycles. The van der Waals surface area contributed by atoms with Crippen molar-refractivity contribution in [1.29, 1.82) is 0 Å². The van der Waals surface area contributed by atoms with Crippen LogP contribution in [0.2, 0.25) is 0 Å². The number of hydrogen-bond donors (Lipinski definition) is 0. The predicted octanol–water partition coefficient (Wildman–Crippen LogP) is 3.12. The van der Waals surface area contributed by atoms with Crippen LogP contribution in [0.25, 0.3) is 0 Å². The van der Waals surface area contributed by atoms with Crippen molar-refractivity contribution in [2.45, 2.75) is 32.6 Å². The van der Waals surface area contributed by atoms with Gasteiger partial charge in [-0.3, -0.25) is 4.79 Å². The van der Waals surface area contributed by atoms with Gasteiger partial charge in [-0.2, -0.15) is 0 Å². The third-order valence-corrected chi connectivity index (χ3v) is 1.26. The van der Waals surface area contributed by atoms with Gasteiger partial charge in [0.2, 0.25) is 0 Å². The van der Waals surface area contributed by atoms with Crippen molar-refractivity contribution < 1.29 is 4.79 Å². The number of ketones is 1. The largest absolute Gasteiger partial charge is 0.300 e. The lowest BCUT2D eigenvalue weighted by Gasteiger charge is -1.92. The molecule has 0 heterocycles. The summed E-state index contributed by atoms with van der Waals surface area (Å²) in [6.45, 7) is 11.5. The Bertz CT molecular complexity index is 105. The summed E-state index contributed by atoms with van der Waals surface area (Å²) in [6.07, 6.45) is 5.19. The fourth-order valence-corrected chi connectivity index (χ4v) is 0.620. The van der Waals surface area contributed by atoms with E-state index < -0.39 is 0 Å². The third-order valence-electron chi connectivity index (χ3n) is 1.26. The van der Waals surface area contributed by atoms with Crippen LogP contribution in [0.5, 0.6) is 0 Å². The molecule has 0 amide bonds. The number of Topliss-reactive ketones (excluding diaryl/α,β-unsaturated/α-hetero) is 1. The van der Waals surface area contributed by atoms with Crippen molar-refractivity contribution in [3.8, 4) is 0 Å². The zero-order valence-electron chi connectivity index (χ0n) is 7.44. The second-order valence-electron chi connectivity index (χ2n) is 2.07. The van der Waals surface area contributed by atoms with Gasteiger partial charge in [-0.15, -0.1) is 19.7 Å². The first-order chi connectivity index (χ1) is 5.31. The van der Waals surface area contributed by atoms with Gasteiger partial charge in [0.25, 0.3) is 0 Å². The highest BCUT2D eigenvalue weighted by Gasteiger charge is 1.94. The molecule has 0 aromatic heterocycles. The van der Waals surface area contributed by atoms with Crippen molar-refractivity contribution in [1.82, 2.24) is 0 Å². The summed E-state index contributed by atoms with van der Waals surface area (Å²) in [7, 11) is 0. The van der Waals surface area contributed by atoms with Gasteiger partial charge in [0.05, 0.1) is 0 Å². The molecule has 0 saturated carbocycles. The van der Waals surface area contributed by atoms with Crippen LogP contribution in [0.1, 0.15) is 32.6 Å². The number of unbranched alkanes of at least 4 members (excludes halogenated alkanes) is 1. The Labute approximate surface area is 69.8 Å². The molecule has 0 bridgehead atoms. The number of rotatable bonds is 5. The van der Waals surface area contributed by atoms with E-state index in [0.29, 0.717) is 12.2 Å². The van der Waals surface area contributed by atoms with Crippen LogP contribution in [0.4, 0.5) is 0 Å². The van der Waals surface area contributed by atoms with Gasteiger partial charge in [0, 0.05) is 12.8 Å². The minimum atomic E-state index is 0.358. The molecule has 0 radical (unpaired) electrons. The molecule has 11 heavy (non-hydrogen) atoms. The first-order valence-corrected chi connectivity index (χ1v) is 3.93. The van der Waals surface area contributed by atoms with Crippen LogP contribution < -0.4 is 0 Å². The van der Waals surface area contributed by atoms with E-state index in [9.17, 15) is 4.79 Å². The molecule has 0 spiro atoms. The SMILES string of the molecule is C=C.C=CCCCC(=O)CC. The Morgan fingerprint density at radius 1 is 1.45 bits per heavy atom. The summed E-state index contributed by atoms with van der Waals surface area (Å²) in [5.41, 5.74) is 0. The van der Waals surface area contributed by atoms with Crippen molar-refractivity contribution in [2.75, 3.05) is 0 Å². The molecule has 0 aromatic rings. The van der Waals surface area contributed by atoms with Crippen LogP contribution in [-0.2, 0) is 4.79 Å². The van der Waals surface area contributed by atoms with Gasteiger partial charge in [-0.1, -0.05) is 13.0 Å². The summed E-state index contributed by atoms with van der Waals surface area (Å²) in [5.74, 6) is 0.358. The van der Waals surface area contributed by atoms with E-state index in [1.165, 1.54) is 0 Å². The maximum absolute atomic E-state index is 10.7. The number of carbonyl (C=O) groups excluding carboxylic acids is 1. The summed E-state index contributed by atoms with van der Waals surface area (Å²) in [5, 5.41) is 0. The van der Waals surface area contributed by atoms with Crippen molar-refractivity contribution in [3.63, 3.8) is 0 Å². The second-order valence-corrected chi connectivity index (χ2v) is 2.07. The van der Waals surface area contributed by atoms with Crippen molar-refractivity contribution >= 4 is 5.78 Å². The summed E-state index contributed by atoms with van der Waals surface area (Å²) in [6, 6.07) is 0. The average Bonchev–Trinajstić information content (AvgIpc) is 2.08. The lowest BCUT2D eigenvalue weighted by Crippen LogP contribution is -1.92. The van der Waals surface area contributed by atoms with E-state index in [-0.39, 0.29) is 0 Å². The molecule has 1 nitrogen and oxygen atoms in total. The molecule has 0 N–H and O–H groups in total. The summed E-state index contributed by atoms with van der Waals surface area (Å²) < 4.78 is 0. The average molecular weight is 154 g/mol. The molecule has 0 fully saturated rings. The Hall–Kier alpha value is -0.850. The van der Waals surface area contributed by atoms with Crippen LogP contribution >= 0.6 is 0 Å². The monoisotopic (exact) mass is 154 g/mol. The highest BCUT2D eigenvalue weighted by Crippen LogP contribution is 1.98. The smallest absolute Gasteiger partial charge is 0.132 e. The molecule has 0 saturated heterocycles. The molecule has 0 aliphatic carbocycles. The van der Waals surface area contributed by atoms with E-state index in [1.807, 2.05) is 13.0 Å². The molecular formula is C10H18O. The Balaban J connectivity index is 0. The maximum atomic E-state index is 10.7. The number of allylic oxidation sites excluding steroid dienone is 1. The van der Waals surface area contributed by atoms with Crippen molar-refractivity contribution in [2.24, 2.45) is 0 Å². The quantitative estimate of drug-likeness (QED) is 0.439. The zero-order valence-corrected chi connectivity index (χ0v) is 7.44. The van der Waals surface area contributed by atoms with Gasteiger partial charge in [-0.25, -0.2) is 0 Å². The van der Waals surface area contributed by atoms with E-state index >= 15 is 0 Å². The molecule has 0 aliphatic heterocycles. The number of hydrogen-bond acceptors (Lipinski definition) is 1. The fourth-order valence-electron chi connectivity index (χ4n) is 0.620. The fraction of sp³-hybridized carbons (Fsp3) is 0.500. The van der Waals surface area contributed by atoms with E-state index in [2.05, 4.69) is 19.7 Å². The first-order valence-electron chi connectivity index (χ1n) is 3.93. The lowest BCUT2D eigenvalue weighted by molar-refractivity contribution is -0.118. The Morgan fingerprint density at radius 2 is 2.00 bits per heavy atom. The van der Waals surface area contributed by atoms with E-state index in [0.717, 1.165) is 19.3 Å². The molecular weight excluding hydrogens is 136 g/mol. The summed E-state index contributed by atoms with van der Waals surface area (Å²) in [4.78, 5) is 10.7.